The van der Waals surface area contributed by atoms with E-state index in [0.29, 0.717) is 18.7 Å². The number of amides is 1. The monoisotopic (exact) mass is 476 g/mol. The third-order valence-electron chi connectivity index (χ3n) is 4.37. The number of nitrogens with one attached hydrogen (secondary N) is 2. The van der Waals surface area contributed by atoms with Gasteiger partial charge < -0.3 is 15.7 Å². The number of anilines is 1. The first-order valence-electron chi connectivity index (χ1n) is 9.42. The van der Waals surface area contributed by atoms with Crippen molar-refractivity contribution < 1.29 is 41.0 Å². The molecule has 1 aromatic rings. The van der Waals surface area contributed by atoms with E-state index in [2.05, 4.69) is 10.6 Å². The van der Waals surface area contributed by atoms with E-state index in [4.69, 9.17) is 16.7 Å². The number of hydrogen-bond donors (Lipinski definition) is 3. The average molecular weight is 477 g/mol. The van der Waals surface area contributed by atoms with Crippen LogP contribution >= 0.6 is 11.6 Å². The van der Waals surface area contributed by atoms with Gasteiger partial charge in [0.1, 0.15) is 0 Å². The van der Waals surface area contributed by atoms with Crippen LogP contribution in [0.15, 0.2) is 18.2 Å². The molecule has 3 N–H and O–H groups in total. The first-order chi connectivity index (χ1) is 14.3. The van der Waals surface area contributed by atoms with Crippen molar-refractivity contribution in [2.45, 2.75) is 50.9 Å². The van der Waals surface area contributed by atoms with E-state index in [-0.39, 0.29) is 36.4 Å². The van der Waals surface area contributed by atoms with Crippen LogP contribution in [0.5, 0.6) is 0 Å². The number of aliphatic carboxylic acids is 1. The molecule has 176 valence electrons. The highest BCUT2D eigenvalue weighted by atomic mass is 35.5. The van der Waals surface area contributed by atoms with E-state index in [1.54, 1.807) is 6.07 Å². The van der Waals surface area contributed by atoms with Gasteiger partial charge in [-0.1, -0.05) is 17.7 Å². The summed E-state index contributed by atoms with van der Waals surface area (Å²) in [4.78, 5) is 21.9. The van der Waals surface area contributed by atoms with Crippen LogP contribution in [0.4, 0.5) is 32.0 Å². The quantitative estimate of drug-likeness (QED) is 0.494. The minimum absolute atomic E-state index is 0.0942. The normalized spacial score (nSPS) is 15.1. The Bertz CT molecular complexity index is 734. The van der Waals surface area contributed by atoms with Gasteiger partial charge in [-0.25, -0.2) is 0 Å². The minimum Gasteiger partial charge on any atom is -0.481 e. The maximum absolute atomic E-state index is 12.0. The van der Waals surface area contributed by atoms with Crippen LogP contribution in [0, 0.1) is 5.92 Å². The Hall–Kier alpha value is -2.01. The summed E-state index contributed by atoms with van der Waals surface area (Å²) in [5.74, 6) is -2.83. The maximum atomic E-state index is 12.0. The van der Waals surface area contributed by atoms with Gasteiger partial charge in [0.15, 0.2) is 0 Å². The van der Waals surface area contributed by atoms with E-state index in [0.717, 1.165) is 0 Å². The molecule has 1 amide bonds. The summed E-state index contributed by atoms with van der Waals surface area (Å²) in [7, 11) is 0. The molecule has 1 aliphatic rings. The largest absolute Gasteiger partial charge is 0.481 e. The highest BCUT2D eigenvalue weighted by molar-refractivity contribution is 6.33. The second-order valence-corrected chi connectivity index (χ2v) is 7.34. The van der Waals surface area contributed by atoms with Gasteiger partial charge in [0.05, 0.1) is 23.0 Å². The molecule has 0 atom stereocenters. The van der Waals surface area contributed by atoms with Crippen LogP contribution < -0.4 is 10.6 Å². The molecule has 1 heterocycles. The molecule has 1 saturated heterocycles. The number of benzene rings is 1. The summed E-state index contributed by atoms with van der Waals surface area (Å²) < 4.78 is 71.8. The summed E-state index contributed by atoms with van der Waals surface area (Å²) in [6.45, 7) is 1.01. The van der Waals surface area contributed by atoms with Crippen molar-refractivity contribution in [2.75, 3.05) is 18.4 Å². The zero-order chi connectivity index (χ0) is 23.7. The molecular formula is C19H23ClF6N2O3. The molecule has 0 bridgehead atoms. The topological polar surface area (TPSA) is 78.4 Å². The zero-order valence-electron chi connectivity index (χ0n) is 16.4. The second-order valence-electron chi connectivity index (χ2n) is 6.94. The van der Waals surface area contributed by atoms with Crippen molar-refractivity contribution in [3.8, 4) is 0 Å². The van der Waals surface area contributed by atoms with Crippen LogP contribution in [-0.2, 0) is 16.0 Å². The molecule has 5 nitrogen and oxygen atoms in total. The van der Waals surface area contributed by atoms with Crippen molar-refractivity contribution in [1.29, 1.82) is 0 Å². The number of carbonyl (C=O) groups is 2. The Morgan fingerprint density at radius 2 is 1.71 bits per heavy atom. The Labute approximate surface area is 180 Å². The molecular weight excluding hydrogens is 454 g/mol. The van der Waals surface area contributed by atoms with E-state index < -0.39 is 43.0 Å². The van der Waals surface area contributed by atoms with E-state index >= 15 is 0 Å². The van der Waals surface area contributed by atoms with Crippen LogP contribution in [0.25, 0.3) is 0 Å². The number of carbonyl (C=O) groups excluding carboxylic acids is 1. The van der Waals surface area contributed by atoms with Crippen molar-refractivity contribution in [1.82, 2.24) is 5.32 Å². The average Bonchev–Trinajstić information content (AvgIpc) is 2.67. The van der Waals surface area contributed by atoms with E-state index in [1.807, 2.05) is 0 Å². The molecule has 0 saturated carbocycles. The number of halogens is 7. The van der Waals surface area contributed by atoms with E-state index in [1.165, 1.54) is 12.1 Å². The highest BCUT2D eigenvalue weighted by Gasteiger charge is 2.39. The van der Waals surface area contributed by atoms with Gasteiger partial charge in [-0.05, 0) is 50.0 Å². The molecule has 12 heteroatoms. The standard InChI is InChI=1S/C13H13ClF3NO3.C6H10F3N/c14-9-3-1-8(2-4-12(20)21)7-10(9)18-11(19)5-6-13(15,16)17;7-6(8,9)5-1-3-10-4-2-5/h1,3,7H,2,4-6H2,(H,18,19)(H,20,21);5,10H,1-4H2. The molecule has 0 aliphatic carbocycles. The Kier molecular flexibility index (Phi) is 10.6. The first-order valence-corrected chi connectivity index (χ1v) is 9.80. The lowest BCUT2D eigenvalue weighted by Gasteiger charge is -2.24. The SMILES string of the molecule is FC(F)(F)C1CCNCC1.O=C(O)CCc1ccc(Cl)c(NC(=O)CCC(F)(F)F)c1. The minimum atomic E-state index is -4.40. The van der Waals surface area contributed by atoms with Crippen LogP contribution in [0.3, 0.4) is 0 Å². The lowest BCUT2D eigenvalue weighted by atomic mass is 9.98. The number of rotatable bonds is 6. The van der Waals surface area contributed by atoms with Gasteiger partial charge in [0, 0.05) is 12.8 Å². The molecule has 0 aromatic heterocycles. The lowest BCUT2D eigenvalue weighted by molar-refractivity contribution is -0.180. The molecule has 0 unspecified atom stereocenters. The predicted molar refractivity (Wildman–Crippen MR) is 103 cm³/mol. The molecule has 1 aliphatic heterocycles. The van der Waals surface area contributed by atoms with Crippen LogP contribution in [0.1, 0.15) is 37.7 Å². The van der Waals surface area contributed by atoms with Gasteiger partial charge in [0.25, 0.3) is 0 Å². The number of alkyl halides is 6. The number of aryl methyl sites for hydroxylation is 1. The molecule has 0 spiro atoms. The summed E-state index contributed by atoms with van der Waals surface area (Å²) >= 11 is 5.84. The first kappa shape index (κ1) is 27.0. The van der Waals surface area contributed by atoms with Crippen molar-refractivity contribution >= 4 is 29.2 Å². The Morgan fingerprint density at radius 1 is 1.10 bits per heavy atom. The molecule has 1 fully saturated rings. The fraction of sp³-hybridized carbons (Fsp3) is 0.579. The van der Waals surface area contributed by atoms with Gasteiger partial charge in [-0.3, -0.25) is 9.59 Å². The summed E-state index contributed by atoms with van der Waals surface area (Å²) in [6.07, 6.45) is -9.66. The van der Waals surface area contributed by atoms with Crippen LogP contribution in [-0.4, -0.2) is 42.4 Å². The third kappa shape index (κ3) is 11.8. The molecule has 2 rings (SSSR count). The molecule has 1 aromatic carbocycles. The van der Waals surface area contributed by atoms with Gasteiger partial charge >= 0.3 is 18.3 Å². The fourth-order valence-electron chi connectivity index (χ4n) is 2.69. The lowest BCUT2D eigenvalue weighted by Crippen LogP contribution is -2.35. The predicted octanol–water partition coefficient (Wildman–Crippen LogP) is 5.19. The highest BCUT2D eigenvalue weighted by Crippen LogP contribution is 2.32. The maximum Gasteiger partial charge on any atom is 0.391 e. The Morgan fingerprint density at radius 3 is 2.19 bits per heavy atom. The van der Waals surface area contributed by atoms with Crippen molar-refractivity contribution in [3.63, 3.8) is 0 Å². The number of carboxylic acids is 1. The molecule has 31 heavy (non-hydrogen) atoms. The molecule has 0 radical (unpaired) electrons. The third-order valence-corrected chi connectivity index (χ3v) is 4.70. The number of carboxylic acid groups (broad SMARTS) is 1. The summed E-state index contributed by atoms with van der Waals surface area (Å²) in [5.41, 5.74) is 0.791. The second kappa shape index (κ2) is 12.1. The smallest absolute Gasteiger partial charge is 0.391 e. The zero-order valence-corrected chi connectivity index (χ0v) is 17.1. The van der Waals surface area contributed by atoms with Crippen molar-refractivity contribution in [2.24, 2.45) is 5.92 Å². The Balaban J connectivity index is 0.000000399. The van der Waals surface area contributed by atoms with Gasteiger partial charge in [0.2, 0.25) is 5.91 Å². The van der Waals surface area contributed by atoms with E-state index in [9.17, 15) is 35.9 Å². The van der Waals surface area contributed by atoms with Crippen molar-refractivity contribution in [3.05, 3.63) is 28.8 Å². The summed E-state index contributed by atoms with van der Waals surface area (Å²) in [6, 6.07) is 4.51. The summed E-state index contributed by atoms with van der Waals surface area (Å²) in [5, 5.41) is 13.9. The fourth-order valence-corrected chi connectivity index (χ4v) is 2.86. The number of piperidine rings is 1. The van der Waals surface area contributed by atoms with Crippen LogP contribution in [0.2, 0.25) is 5.02 Å². The number of hydrogen-bond acceptors (Lipinski definition) is 3. The van der Waals surface area contributed by atoms with Gasteiger partial charge in [-0.2, -0.15) is 26.3 Å². The van der Waals surface area contributed by atoms with Gasteiger partial charge in [-0.15, -0.1) is 0 Å².